The van der Waals surface area contributed by atoms with Crippen molar-refractivity contribution in [2.45, 2.75) is 52.6 Å². The molecule has 174 valence electrons. The minimum Gasteiger partial charge on any atom is -0.352 e. The molecule has 33 heavy (non-hydrogen) atoms. The van der Waals surface area contributed by atoms with Gasteiger partial charge in [-0.1, -0.05) is 54.7 Å². The van der Waals surface area contributed by atoms with Gasteiger partial charge in [0.05, 0.1) is 23.3 Å². The SMILES string of the molecule is CCC(=O)NC1CCCN(CC(=O)N(Cc2ccccc2)c2nc3c(C)c(C)ccc3s2)C1. The van der Waals surface area contributed by atoms with E-state index in [0.29, 0.717) is 26.1 Å². The summed E-state index contributed by atoms with van der Waals surface area (Å²) in [5.74, 6) is 0.105. The van der Waals surface area contributed by atoms with Crippen LogP contribution in [0.1, 0.15) is 42.9 Å². The average Bonchev–Trinajstić information content (AvgIpc) is 3.25. The maximum atomic E-state index is 13.6. The van der Waals surface area contributed by atoms with Gasteiger partial charge in [0.25, 0.3) is 0 Å². The second-order valence-electron chi connectivity index (χ2n) is 8.81. The summed E-state index contributed by atoms with van der Waals surface area (Å²) in [6.07, 6.45) is 2.41. The van der Waals surface area contributed by atoms with Crippen LogP contribution in [0, 0.1) is 13.8 Å². The van der Waals surface area contributed by atoms with E-state index < -0.39 is 0 Å². The van der Waals surface area contributed by atoms with Crippen molar-refractivity contribution >= 4 is 38.5 Å². The Morgan fingerprint density at radius 1 is 1.18 bits per heavy atom. The number of fused-ring (bicyclic) bond motifs is 1. The maximum Gasteiger partial charge on any atom is 0.243 e. The molecule has 2 heterocycles. The Kier molecular flexibility index (Phi) is 7.40. The third-order valence-electron chi connectivity index (χ3n) is 6.34. The lowest BCUT2D eigenvalue weighted by molar-refractivity contribution is -0.122. The molecule has 6 nitrogen and oxygen atoms in total. The van der Waals surface area contributed by atoms with Gasteiger partial charge in [-0.2, -0.15) is 0 Å². The number of carbonyl (C=O) groups is 2. The molecule has 1 aliphatic rings. The number of nitrogens with zero attached hydrogens (tertiary/aromatic N) is 3. The molecule has 0 radical (unpaired) electrons. The molecule has 1 N–H and O–H groups in total. The molecule has 4 rings (SSSR count). The van der Waals surface area contributed by atoms with Crippen LogP contribution < -0.4 is 10.2 Å². The smallest absolute Gasteiger partial charge is 0.243 e. The Hall–Kier alpha value is -2.77. The van der Waals surface area contributed by atoms with Crippen molar-refractivity contribution in [1.29, 1.82) is 0 Å². The number of piperidine rings is 1. The van der Waals surface area contributed by atoms with E-state index in [-0.39, 0.29) is 17.9 Å². The molecule has 3 aromatic rings. The van der Waals surface area contributed by atoms with Crippen LogP contribution in [0.15, 0.2) is 42.5 Å². The Morgan fingerprint density at radius 2 is 1.97 bits per heavy atom. The van der Waals surface area contributed by atoms with Gasteiger partial charge in [0, 0.05) is 19.0 Å². The molecule has 0 saturated carbocycles. The topological polar surface area (TPSA) is 65.5 Å². The first-order chi connectivity index (χ1) is 15.9. The summed E-state index contributed by atoms with van der Waals surface area (Å²) < 4.78 is 1.10. The molecule has 1 aromatic heterocycles. The Morgan fingerprint density at radius 3 is 2.73 bits per heavy atom. The summed E-state index contributed by atoms with van der Waals surface area (Å²) in [6, 6.07) is 14.4. The summed E-state index contributed by atoms with van der Waals surface area (Å²) in [7, 11) is 0. The molecule has 0 aliphatic carbocycles. The monoisotopic (exact) mass is 464 g/mol. The van der Waals surface area contributed by atoms with Crippen molar-refractivity contribution in [2.24, 2.45) is 0 Å². The number of hydrogen-bond acceptors (Lipinski definition) is 5. The van der Waals surface area contributed by atoms with E-state index in [1.54, 1.807) is 11.3 Å². The van der Waals surface area contributed by atoms with Gasteiger partial charge < -0.3 is 5.32 Å². The van der Waals surface area contributed by atoms with Gasteiger partial charge in [-0.25, -0.2) is 4.98 Å². The maximum absolute atomic E-state index is 13.6. The fourth-order valence-corrected chi connectivity index (χ4v) is 5.32. The van der Waals surface area contributed by atoms with E-state index >= 15 is 0 Å². The van der Waals surface area contributed by atoms with Gasteiger partial charge in [0.1, 0.15) is 0 Å². The lowest BCUT2D eigenvalue weighted by Crippen LogP contribution is -2.50. The van der Waals surface area contributed by atoms with Crippen molar-refractivity contribution in [3.63, 3.8) is 0 Å². The largest absolute Gasteiger partial charge is 0.352 e. The van der Waals surface area contributed by atoms with Gasteiger partial charge in [-0.15, -0.1) is 0 Å². The molecule has 1 aliphatic heterocycles. The lowest BCUT2D eigenvalue weighted by atomic mass is 10.1. The minimum atomic E-state index is 0.0368. The van der Waals surface area contributed by atoms with Crippen molar-refractivity contribution in [3.8, 4) is 0 Å². The summed E-state index contributed by atoms with van der Waals surface area (Å²) in [4.78, 5) is 34.3. The van der Waals surface area contributed by atoms with Gasteiger partial charge in [-0.3, -0.25) is 19.4 Å². The summed E-state index contributed by atoms with van der Waals surface area (Å²) >= 11 is 1.57. The van der Waals surface area contributed by atoms with E-state index in [4.69, 9.17) is 4.98 Å². The summed E-state index contributed by atoms with van der Waals surface area (Å²) in [5, 5.41) is 3.82. The molecular formula is C26H32N4O2S. The van der Waals surface area contributed by atoms with Crippen molar-refractivity contribution in [2.75, 3.05) is 24.5 Å². The highest BCUT2D eigenvalue weighted by atomic mass is 32.1. The molecular weight excluding hydrogens is 432 g/mol. The zero-order valence-corrected chi connectivity index (χ0v) is 20.5. The van der Waals surface area contributed by atoms with E-state index in [9.17, 15) is 9.59 Å². The quantitative estimate of drug-likeness (QED) is 0.562. The van der Waals surface area contributed by atoms with Crippen LogP contribution in [0.4, 0.5) is 5.13 Å². The highest BCUT2D eigenvalue weighted by Crippen LogP contribution is 2.33. The lowest BCUT2D eigenvalue weighted by Gasteiger charge is -2.33. The van der Waals surface area contributed by atoms with Crippen LogP contribution in [0.3, 0.4) is 0 Å². The molecule has 0 bridgehead atoms. The molecule has 7 heteroatoms. The summed E-state index contributed by atoms with van der Waals surface area (Å²) in [5.41, 5.74) is 4.41. The predicted molar refractivity (Wildman–Crippen MR) is 135 cm³/mol. The van der Waals surface area contributed by atoms with Crippen LogP contribution in [0.5, 0.6) is 0 Å². The third kappa shape index (κ3) is 5.60. The number of amides is 2. The van der Waals surface area contributed by atoms with Gasteiger partial charge in [-0.05, 0) is 56.0 Å². The number of aromatic nitrogens is 1. The first-order valence-corrected chi connectivity index (χ1v) is 12.5. The van der Waals surface area contributed by atoms with Crippen LogP contribution in [0.2, 0.25) is 0 Å². The molecule has 0 spiro atoms. The highest BCUT2D eigenvalue weighted by Gasteiger charge is 2.27. The Balaban J connectivity index is 1.56. The Labute approximate surface area is 199 Å². The summed E-state index contributed by atoms with van der Waals surface area (Å²) in [6.45, 7) is 8.41. The first-order valence-electron chi connectivity index (χ1n) is 11.7. The zero-order chi connectivity index (χ0) is 23.4. The number of anilines is 1. The van der Waals surface area contributed by atoms with Crippen LogP contribution >= 0.6 is 11.3 Å². The van der Waals surface area contributed by atoms with Crippen molar-refractivity contribution < 1.29 is 9.59 Å². The second kappa shape index (κ2) is 10.4. The molecule has 2 amide bonds. The predicted octanol–water partition coefficient (Wildman–Crippen LogP) is 4.44. The normalized spacial score (nSPS) is 16.6. The minimum absolute atomic E-state index is 0.0368. The number of thiazole rings is 1. The average molecular weight is 465 g/mol. The van der Waals surface area contributed by atoms with Gasteiger partial charge >= 0.3 is 0 Å². The van der Waals surface area contributed by atoms with Crippen LogP contribution in [-0.4, -0.2) is 47.4 Å². The molecule has 1 atom stereocenters. The van der Waals surface area contributed by atoms with Crippen molar-refractivity contribution in [3.05, 3.63) is 59.2 Å². The van der Waals surface area contributed by atoms with E-state index in [2.05, 4.69) is 36.2 Å². The fourth-order valence-electron chi connectivity index (χ4n) is 4.28. The first kappa shape index (κ1) is 23.4. The molecule has 2 aromatic carbocycles. The second-order valence-corrected chi connectivity index (χ2v) is 9.82. The molecule has 1 unspecified atom stereocenters. The number of rotatable bonds is 7. The standard InChI is InChI=1S/C26H32N4O2S/c1-4-23(31)27-21-11-8-14-29(16-21)17-24(32)30(15-20-9-6-5-7-10-20)26-28-25-19(3)18(2)12-13-22(25)33-26/h5-7,9-10,12-13,21H,4,8,11,14-17H2,1-3H3,(H,27,31). The number of nitrogens with one attached hydrogen (secondary N) is 1. The fraction of sp³-hybridized carbons (Fsp3) is 0.423. The van der Waals surface area contributed by atoms with E-state index in [1.165, 1.54) is 5.56 Å². The molecule has 1 saturated heterocycles. The van der Waals surface area contributed by atoms with Gasteiger partial charge in [0.15, 0.2) is 5.13 Å². The van der Waals surface area contributed by atoms with E-state index in [1.807, 2.05) is 42.2 Å². The van der Waals surface area contributed by atoms with Crippen molar-refractivity contribution in [1.82, 2.24) is 15.2 Å². The van der Waals surface area contributed by atoms with Crippen LogP contribution in [-0.2, 0) is 16.1 Å². The number of carbonyl (C=O) groups excluding carboxylic acids is 2. The van der Waals surface area contributed by atoms with Crippen LogP contribution in [0.25, 0.3) is 10.2 Å². The highest BCUT2D eigenvalue weighted by molar-refractivity contribution is 7.22. The molecule has 1 fully saturated rings. The number of aryl methyl sites for hydroxylation is 2. The third-order valence-corrected chi connectivity index (χ3v) is 7.38. The van der Waals surface area contributed by atoms with E-state index in [0.717, 1.165) is 45.9 Å². The Bertz CT molecular complexity index is 1130. The number of benzene rings is 2. The number of likely N-dealkylation sites (tertiary alicyclic amines) is 1. The van der Waals surface area contributed by atoms with Gasteiger partial charge in [0.2, 0.25) is 11.8 Å². The number of hydrogen-bond donors (Lipinski definition) is 1. The zero-order valence-electron chi connectivity index (χ0n) is 19.6.